The Morgan fingerprint density at radius 2 is 2.35 bits per heavy atom. The van der Waals surface area contributed by atoms with Gasteiger partial charge in [0, 0.05) is 6.20 Å². The van der Waals surface area contributed by atoms with E-state index in [2.05, 4.69) is 4.98 Å². The number of rotatable bonds is 3. The van der Waals surface area contributed by atoms with E-state index in [0.717, 1.165) is 0 Å². The molecular formula is C11H9IN2O2S. The van der Waals surface area contributed by atoms with Crippen LogP contribution in [-0.2, 0) is 6.54 Å². The molecule has 0 saturated heterocycles. The topological polar surface area (TPSA) is 52.0 Å². The van der Waals surface area contributed by atoms with Crippen LogP contribution in [0.25, 0.3) is 0 Å². The maximum absolute atomic E-state index is 11.9. The lowest BCUT2D eigenvalue weighted by Crippen LogP contribution is -2.28. The van der Waals surface area contributed by atoms with Gasteiger partial charge in [0.1, 0.15) is 5.82 Å². The van der Waals surface area contributed by atoms with E-state index in [9.17, 15) is 9.59 Å². The van der Waals surface area contributed by atoms with Crippen LogP contribution in [0, 0.1) is 10.5 Å². The number of Topliss-reactive ketones (excluding diaryl/α,β-unsaturated/α-hetero) is 1. The smallest absolute Gasteiger partial charge is 0.267 e. The SMILES string of the molecule is Cc1ncc(I)c(=O)n1CC(=O)c1cccs1. The van der Waals surface area contributed by atoms with Crippen LogP contribution in [-0.4, -0.2) is 15.3 Å². The van der Waals surface area contributed by atoms with Gasteiger partial charge in [-0.15, -0.1) is 11.3 Å². The highest BCUT2D eigenvalue weighted by atomic mass is 127. The molecule has 0 bridgehead atoms. The zero-order chi connectivity index (χ0) is 12.4. The van der Waals surface area contributed by atoms with Gasteiger partial charge in [-0.2, -0.15) is 0 Å². The maximum Gasteiger partial charge on any atom is 0.267 e. The number of thiophene rings is 1. The summed E-state index contributed by atoms with van der Waals surface area (Å²) in [6.07, 6.45) is 1.52. The molecule has 2 aromatic rings. The Morgan fingerprint density at radius 3 is 3.00 bits per heavy atom. The molecule has 0 N–H and O–H groups in total. The van der Waals surface area contributed by atoms with Crippen LogP contribution in [0.5, 0.6) is 0 Å². The van der Waals surface area contributed by atoms with Gasteiger partial charge in [-0.25, -0.2) is 4.98 Å². The summed E-state index contributed by atoms with van der Waals surface area (Å²) in [5, 5.41) is 1.84. The molecule has 0 aliphatic rings. The highest BCUT2D eigenvalue weighted by Crippen LogP contribution is 2.10. The summed E-state index contributed by atoms with van der Waals surface area (Å²) in [4.78, 5) is 28.5. The minimum atomic E-state index is -0.164. The molecule has 2 heterocycles. The highest BCUT2D eigenvalue weighted by molar-refractivity contribution is 14.1. The van der Waals surface area contributed by atoms with Crippen LogP contribution >= 0.6 is 33.9 Å². The number of carbonyl (C=O) groups excluding carboxylic acids is 1. The number of halogens is 1. The quantitative estimate of drug-likeness (QED) is 0.622. The molecule has 0 radical (unpaired) electrons. The van der Waals surface area contributed by atoms with Gasteiger partial charge in [0.05, 0.1) is 15.0 Å². The number of nitrogens with zero attached hydrogens (tertiary/aromatic N) is 2. The number of hydrogen-bond acceptors (Lipinski definition) is 4. The van der Waals surface area contributed by atoms with E-state index in [4.69, 9.17) is 0 Å². The second-order valence-electron chi connectivity index (χ2n) is 3.45. The Balaban J connectivity index is 2.34. The van der Waals surface area contributed by atoms with Gasteiger partial charge < -0.3 is 0 Å². The number of ketones is 1. The number of hydrogen-bond donors (Lipinski definition) is 0. The lowest BCUT2D eigenvalue weighted by molar-refractivity contribution is 0.0973. The van der Waals surface area contributed by atoms with Crippen molar-refractivity contribution in [3.63, 3.8) is 0 Å². The number of aryl methyl sites for hydroxylation is 1. The Hall–Kier alpha value is -1.02. The Morgan fingerprint density at radius 1 is 1.59 bits per heavy atom. The Kier molecular flexibility index (Phi) is 3.72. The summed E-state index contributed by atoms with van der Waals surface area (Å²) in [5.74, 6) is 0.495. The highest BCUT2D eigenvalue weighted by Gasteiger charge is 2.12. The summed E-state index contributed by atoms with van der Waals surface area (Å²) in [6, 6.07) is 3.58. The summed E-state index contributed by atoms with van der Waals surface area (Å²) in [7, 11) is 0. The second-order valence-corrected chi connectivity index (χ2v) is 5.56. The van der Waals surface area contributed by atoms with Crippen LogP contribution in [0.15, 0.2) is 28.5 Å². The van der Waals surface area contributed by atoms with Crippen LogP contribution in [0.1, 0.15) is 15.5 Å². The lowest BCUT2D eigenvalue weighted by Gasteiger charge is -2.07. The molecule has 0 unspecified atom stereocenters. The largest absolute Gasteiger partial charge is 0.291 e. The third-order valence-electron chi connectivity index (χ3n) is 2.30. The van der Waals surface area contributed by atoms with Crippen molar-refractivity contribution in [2.45, 2.75) is 13.5 Å². The third kappa shape index (κ3) is 2.63. The van der Waals surface area contributed by atoms with E-state index >= 15 is 0 Å². The fraction of sp³-hybridized carbons (Fsp3) is 0.182. The van der Waals surface area contributed by atoms with Crippen molar-refractivity contribution in [1.29, 1.82) is 0 Å². The zero-order valence-corrected chi connectivity index (χ0v) is 12.0. The van der Waals surface area contributed by atoms with Crippen molar-refractivity contribution < 1.29 is 4.79 Å². The van der Waals surface area contributed by atoms with Gasteiger partial charge in [-0.05, 0) is 41.0 Å². The van der Waals surface area contributed by atoms with Crippen LogP contribution in [0.2, 0.25) is 0 Å². The van der Waals surface area contributed by atoms with Crippen LogP contribution in [0.4, 0.5) is 0 Å². The molecule has 0 amide bonds. The summed E-state index contributed by atoms with van der Waals surface area (Å²) in [5.41, 5.74) is -0.164. The van der Waals surface area contributed by atoms with Crippen molar-refractivity contribution >= 4 is 39.7 Å². The molecule has 4 nitrogen and oxygen atoms in total. The molecule has 0 spiro atoms. The molecular weight excluding hydrogens is 351 g/mol. The first-order valence-electron chi connectivity index (χ1n) is 4.88. The van der Waals surface area contributed by atoms with E-state index < -0.39 is 0 Å². The predicted octanol–water partition coefficient (Wildman–Crippen LogP) is 2.10. The van der Waals surface area contributed by atoms with Crippen LogP contribution in [0.3, 0.4) is 0 Å². The Bertz CT molecular complexity index is 604. The van der Waals surface area contributed by atoms with Gasteiger partial charge in [-0.3, -0.25) is 14.2 Å². The van der Waals surface area contributed by atoms with E-state index in [1.54, 1.807) is 13.0 Å². The van der Waals surface area contributed by atoms with E-state index in [1.807, 2.05) is 34.0 Å². The van der Waals surface area contributed by atoms with Crippen molar-refractivity contribution in [2.75, 3.05) is 0 Å². The van der Waals surface area contributed by atoms with E-state index in [0.29, 0.717) is 14.3 Å². The average molecular weight is 360 g/mol. The standard InChI is InChI=1S/C11H9IN2O2S/c1-7-13-5-8(12)11(16)14(7)6-9(15)10-3-2-4-17-10/h2-5H,6H2,1H3. The predicted molar refractivity (Wildman–Crippen MR) is 74.6 cm³/mol. The molecule has 17 heavy (non-hydrogen) atoms. The molecule has 0 saturated carbocycles. The zero-order valence-electron chi connectivity index (χ0n) is 9.01. The average Bonchev–Trinajstić information content (AvgIpc) is 2.83. The molecule has 0 aliphatic carbocycles. The molecule has 2 rings (SSSR count). The fourth-order valence-corrected chi connectivity index (χ4v) is 2.48. The molecule has 6 heteroatoms. The first-order valence-corrected chi connectivity index (χ1v) is 6.84. The molecule has 0 atom stereocenters. The molecule has 2 aromatic heterocycles. The fourth-order valence-electron chi connectivity index (χ4n) is 1.40. The van der Waals surface area contributed by atoms with Crippen molar-refractivity contribution in [3.8, 4) is 0 Å². The summed E-state index contributed by atoms with van der Waals surface area (Å²) < 4.78 is 1.93. The van der Waals surface area contributed by atoms with Crippen molar-refractivity contribution in [1.82, 2.24) is 9.55 Å². The lowest BCUT2D eigenvalue weighted by atomic mass is 10.3. The van der Waals surface area contributed by atoms with Crippen LogP contribution < -0.4 is 5.56 Å². The van der Waals surface area contributed by atoms with Gasteiger partial charge >= 0.3 is 0 Å². The summed E-state index contributed by atoms with van der Waals surface area (Å²) in [6.45, 7) is 1.77. The molecule has 0 aromatic carbocycles. The number of aromatic nitrogens is 2. The van der Waals surface area contributed by atoms with Gasteiger partial charge in [0.25, 0.3) is 5.56 Å². The van der Waals surface area contributed by atoms with Gasteiger partial charge in [0.15, 0.2) is 5.78 Å². The third-order valence-corrected chi connectivity index (χ3v) is 3.95. The maximum atomic E-state index is 11.9. The van der Waals surface area contributed by atoms with E-state index in [1.165, 1.54) is 22.1 Å². The minimum absolute atomic E-state index is 0.0506. The van der Waals surface area contributed by atoms with Crippen molar-refractivity contribution in [3.05, 3.63) is 48.3 Å². The summed E-state index contributed by atoms with van der Waals surface area (Å²) >= 11 is 3.30. The number of carbonyl (C=O) groups is 1. The Labute approximate surface area is 115 Å². The second kappa shape index (κ2) is 5.09. The minimum Gasteiger partial charge on any atom is -0.291 e. The van der Waals surface area contributed by atoms with Crippen molar-refractivity contribution in [2.24, 2.45) is 0 Å². The normalized spacial score (nSPS) is 10.5. The molecule has 88 valence electrons. The first-order chi connectivity index (χ1) is 8.09. The first kappa shape index (κ1) is 12.4. The van der Waals surface area contributed by atoms with E-state index in [-0.39, 0.29) is 17.9 Å². The van der Waals surface area contributed by atoms with Gasteiger partial charge in [-0.1, -0.05) is 6.07 Å². The molecule has 0 aliphatic heterocycles. The molecule has 0 fully saturated rings. The monoisotopic (exact) mass is 360 g/mol. The van der Waals surface area contributed by atoms with Gasteiger partial charge in [0.2, 0.25) is 0 Å².